The topological polar surface area (TPSA) is 88.4 Å². The Balaban J connectivity index is 1.83. The third kappa shape index (κ3) is 3.75. The van der Waals surface area contributed by atoms with E-state index in [0.29, 0.717) is 17.2 Å². The first-order chi connectivity index (χ1) is 12.6. The lowest BCUT2D eigenvalue weighted by molar-refractivity contribution is -0.142. The van der Waals surface area contributed by atoms with Crippen molar-refractivity contribution in [3.05, 3.63) is 52.4 Å². The highest BCUT2D eigenvalue weighted by atomic mass is 16.5. The maximum atomic E-state index is 12.9. The van der Waals surface area contributed by atoms with Gasteiger partial charge in [0.2, 0.25) is 0 Å². The Hall–Kier alpha value is -3.14. The molecule has 7 heteroatoms. The third-order valence-corrected chi connectivity index (χ3v) is 4.74. The molecule has 2 N–H and O–H groups in total. The Bertz CT molecular complexity index is 835. The van der Waals surface area contributed by atoms with Gasteiger partial charge < -0.3 is 15.0 Å². The van der Waals surface area contributed by atoms with E-state index in [1.54, 1.807) is 18.3 Å². The van der Waals surface area contributed by atoms with Crippen molar-refractivity contribution in [2.75, 3.05) is 7.11 Å². The molecule has 7 nitrogen and oxygen atoms in total. The van der Waals surface area contributed by atoms with Gasteiger partial charge in [-0.25, -0.2) is 9.78 Å². The van der Waals surface area contributed by atoms with Crippen molar-refractivity contribution in [2.45, 2.75) is 37.6 Å². The van der Waals surface area contributed by atoms with Crippen LogP contribution in [0.4, 0.5) is 5.69 Å². The van der Waals surface area contributed by atoms with Crippen LogP contribution >= 0.6 is 0 Å². The number of hydrogen-bond donors (Lipinski definition) is 2. The molecule has 26 heavy (non-hydrogen) atoms. The van der Waals surface area contributed by atoms with Gasteiger partial charge in [0.25, 0.3) is 12.5 Å². The zero-order valence-corrected chi connectivity index (χ0v) is 14.6. The van der Waals surface area contributed by atoms with Crippen LogP contribution in [0.15, 0.2) is 30.7 Å². The number of nitrogens with one attached hydrogen (secondary N) is 2. The molecular weight excluding hydrogens is 332 g/mol. The number of hydrogen-bond acceptors (Lipinski definition) is 4. The van der Waals surface area contributed by atoms with Crippen LogP contribution in [0.25, 0.3) is 4.85 Å². The van der Waals surface area contributed by atoms with E-state index in [4.69, 9.17) is 11.3 Å². The van der Waals surface area contributed by atoms with E-state index in [1.807, 2.05) is 6.07 Å². The van der Waals surface area contributed by atoms with E-state index in [2.05, 4.69) is 20.1 Å². The van der Waals surface area contributed by atoms with Crippen LogP contribution < -0.4 is 5.32 Å². The van der Waals surface area contributed by atoms with E-state index in [0.717, 1.165) is 30.5 Å². The molecule has 1 atom stereocenters. The molecule has 1 amide bonds. The van der Waals surface area contributed by atoms with Crippen molar-refractivity contribution >= 4 is 17.6 Å². The molecule has 1 aliphatic carbocycles. The quantitative estimate of drug-likeness (QED) is 0.782. The van der Waals surface area contributed by atoms with Gasteiger partial charge in [0.15, 0.2) is 0 Å². The summed E-state index contributed by atoms with van der Waals surface area (Å²) in [6.07, 6.45) is 6.61. The molecule has 1 fully saturated rings. The number of carbonyl (C=O) groups is 2. The Morgan fingerprint density at radius 1 is 1.46 bits per heavy atom. The van der Waals surface area contributed by atoms with Gasteiger partial charge in [0, 0.05) is 36.0 Å². The first-order valence-electron chi connectivity index (χ1n) is 8.53. The maximum Gasteiger partial charge on any atom is 0.340 e. The van der Waals surface area contributed by atoms with Crippen molar-refractivity contribution in [3.8, 4) is 6.57 Å². The van der Waals surface area contributed by atoms with Crippen molar-refractivity contribution < 1.29 is 14.3 Å². The number of aromatic nitrogens is 2. The minimum Gasteiger partial charge on any atom is -0.467 e. The molecule has 1 heterocycles. The molecule has 0 radical (unpaired) electrons. The fourth-order valence-electron chi connectivity index (χ4n) is 3.08. The largest absolute Gasteiger partial charge is 0.467 e. The number of rotatable bonds is 6. The minimum atomic E-state index is -0.805. The standard InChI is InChI=1S/C19H20N4O3/c1-20-13-6-7-15(16(8-13)12-4-3-5-12)18(24)23-17(19(25)26-2)9-14-10-21-11-22-14/h1,6-8,10-12,17H,3-5,9H2,2H3,(H-,21,22,23,24)/p+1/t17-/m1/s1. The van der Waals surface area contributed by atoms with E-state index in [-0.39, 0.29) is 12.3 Å². The van der Waals surface area contributed by atoms with Crippen LogP contribution in [0.5, 0.6) is 0 Å². The van der Waals surface area contributed by atoms with Gasteiger partial charge in [-0.05, 0) is 35.2 Å². The molecule has 0 bridgehead atoms. The Labute approximate surface area is 151 Å². The van der Waals surface area contributed by atoms with Gasteiger partial charge >= 0.3 is 11.7 Å². The van der Waals surface area contributed by atoms with E-state index >= 15 is 0 Å². The molecule has 0 spiro atoms. The average molecular weight is 353 g/mol. The summed E-state index contributed by atoms with van der Waals surface area (Å²) in [7, 11) is 1.30. The molecule has 1 aromatic carbocycles. The van der Waals surface area contributed by atoms with Crippen LogP contribution in [0.3, 0.4) is 0 Å². The van der Waals surface area contributed by atoms with Gasteiger partial charge in [-0.2, -0.15) is 0 Å². The normalized spacial score (nSPS) is 14.8. The van der Waals surface area contributed by atoms with Crippen molar-refractivity contribution in [2.24, 2.45) is 0 Å². The second kappa shape index (κ2) is 7.83. The Kier molecular flexibility index (Phi) is 5.32. The summed E-state index contributed by atoms with van der Waals surface area (Å²) in [4.78, 5) is 35.5. The van der Waals surface area contributed by atoms with Crippen LogP contribution in [-0.4, -0.2) is 35.0 Å². The van der Waals surface area contributed by atoms with Crippen molar-refractivity contribution in [3.63, 3.8) is 0 Å². The number of aromatic amines is 1. The fourth-order valence-corrected chi connectivity index (χ4v) is 3.08. The first-order valence-corrected chi connectivity index (χ1v) is 8.53. The lowest BCUT2D eigenvalue weighted by Gasteiger charge is -2.27. The van der Waals surface area contributed by atoms with Gasteiger partial charge in [-0.1, -0.05) is 6.42 Å². The highest BCUT2D eigenvalue weighted by Crippen LogP contribution is 2.39. The summed E-state index contributed by atoms with van der Waals surface area (Å²) in [5.41, 5.74) is 2.83. The maximum absolute atomic E-state index is 12.9. The van der Waals surface area contributed by atoms with E-state index in [9.17, 15) is 9.59 Å². The minimum absolute atomic E-state index is 0.271. The average Bonchev–Trinajstić information content (AvgIpc) is 3.11. The highest BCUT2D eigenvalue weighted by Gasteiger charge is 2.29. The number of ether oxygens (including phenoxy) is 1. The molecule has 3 rings (SSSR count). The first kappa shape index (κ1) is 17.7. The number of imidazole rings is 1. The number of H-pyrrole nitrogens is 1. The van der Waals surface area contributed by atoms with Crippen LogP contribution in [0.1, 0.15) is 46.8 Å². The summed E-state index contributed by atoms with van der Waals surface area (Å²) in [6, 6.07) is 4.44. The molecule has 0 saturated heterocycles. The number of benzene rings is 1. The smallest absolute Gasteiger partial charge is 0.340 e. The Morgan fingerprint density at radius 3 is 2.85 bits per heavy atom. The van der Waals surface area contributed by atoms with Gasteiger partial charge in [-0.15, -0.1) is 0 Å². The molecule has 2 aromatic rings. The summed E-state index contributed by atoms with van der Waals surface area (Å²) in [5.74, 6) is -0.501. The van der Waals surface area contributed by atoms with E-state index < -0.39 is 12.0 Å². The number of esters is 1. The second-order valence-corrected chi connectivity index (χ2v) is 6.36. The Morgan fingerprint density at radius 2 is 2.27 bits per heavy atom. The summed E-state index contributed by atoms with van der Waals surface area (Å²) in [6.45, 7) is 5.37. The van der Waals surface area contributed by atoms with Gasteiger partial charge in [0.1, 0.15) is 6.04 Å². The van der Waals surface area contributed by atoms with Gasteiger partial charge in [0.05, 0.1) is 13.4 Å². The lowest BCUT2D eigenvalue weighted by atomic mass is 9.78. The molecule has 1 aromatic heterocycles. The number of amides is 1. The highest BCUT2D eigenvalue weighted by molar-refractivity contribution is 5.98. The second-order valence-electron chi connectivity index (χ2n) is 6.36. The van der Waals surface area contributed by atoms with Gasteiger partial charge in [-0.3, -0.25) is 4.79 Å². The number of nitrogens with zero attached hydrogens (tertiary/aromatic N) is 2. The summed E-state index contributed by atoms with van der Waals surface area (Å²) in [5, 5.41) is 2.78. The third-order valence-electron chi connectivity index (χ3n) is 4.74. The molecule has 0 unspecified atom stereocenters. The predicted molar refractivity (Wildman–Crippen MR) is 96.6 cm³/mol. The zero-order chi connectivity index (χ0) is 18.5. The van der Waals surface area contributed by atoms with Crippen LogP contribution in [0.2, 0.25) is 0 Å². The van der Waals surface area contributed by atoms with Crippen LogP contribution in [-0.2, 0) is 16.0 Å². The monoisotopic (exact) mass is 353 g/mol. The number of carbonyl (C=O) groups excluding carboxylic acids is 2. The number of methoxy groups -OCH3 is 1. The zero-order valence-electron chi connectivity index (χ0n) is 14.6. The lowest BCUT2D eigenvalue weighted by Crippen LogP contribution is -2.43. The molecule has 0 aliphatic heterocycles. The van der Waals surface area contributed by atoms with E-state index in [1.165, 1.54) is 13.4 Å². The van der Waals surface area contributed by atoms with Crippen molar-refractivity contribution in [1.82, 2.24) is 15.3 Å². The SMILES string of the molecule is C#[N+]c1ccc(C(=O)N[C@H](Cc2cnc[nH]2)C(=O)OC)c(C2CCC2)c1. The van der Waals surface area contributed by atoms with Crippen LogP contribution in [0, 0.1) is 6.57 Å². The van der Waals surface area contributed by atoms with Crippen molar-refractivity contribution in [1.29, 1.82) is 0 Å². The molecule has 1 aliphatic rings. The summed E-state index contributed by atoms with van der Waals surface area (Å²) < 4.78 is 4.82. The predicted octanol–water partition coefficient (Wildman–Crippen LogP) is 2.79. The fraction of sp³-hybridized carbons (Fsp3) is 0.368. The molecule has 134 valence electrons. The summed E-state index contributed by atoms with van der Waals surface area (Å²) >= 11 is 0. The molecular formula is C19H21N4O3+. The molecule has 1 saturated carbocycles.